The monoisotopic (exact) mass is 248 g/mol. The average Bonchev–Trinajstić information content (AvgIpc) is 2.19. The summed E-state index contributed by atoms with van der Waals surface area (Å²) in [6, 6.07) is 13.6. The number of aromatic nitrogens is 1. The number of benzene rings is 1. The second kappa shape index (κ2) is 3.80. The maximum absolute atomic E-state index is 5.61. The first-order valence-corrected chi connectivity index (χ1v) is 5.03. The number of hydrogen-bond donors (Lipinski definition) is 1. The van der Waals surface area contributed by atoms with Gasteiger partial charge in [-0.2, -0.15) is 0 Å². The van der Waals surface area contributed by atoms with Gasteiger partial charge in [0.15, 0.2) is 0 Å². The van der Waals surface area contributed by atoms with E-state index in [-0.39, 0.29) is 0 Å². The molecule has 0 radical (unpaired) electrons. The standard InChI is InChI=1S/C11H9BrN2/c12-9-6-4-8(5-7-9)10-2-1-3-11(13)14-10/h1-7H,(H2,13,14). The van der Waals surface area contributed by atoms with Gasteiger partial charge in [-0.05, 0) is 24.3 Å². The molecule has 0 saturated carbocycles. The number of anilines is 1. The van der Waals surface area contributed by atoms with Gasteiger partial charge in [0, 0.05) is 10.0 Å². The van der Waals surface area contributed by atoms with Crippen LogP contribution in [0.25, 0.3) is 11.3 Å². The lowest BCUT2D eigenvalue weighted by atomic mass is 10.1. The average molecular weight is 249 g/mol. The van der Waals surface area contributed by atoms with E-state index in [0.29, 0.717) is 5.82 Å². The molecule has 1 aromatic heterocycles. The van der Waals surface area contributed by atoms with Gasteiger partial charge in [-0.15, -0.1) is 0 Å². The van der Waals surface area contributed by atoms with Crippen molar-refractivity contribution in [3.05, 3.63) is 46.9 Å². The SMILES string of the molecule is Nc1cccc(-c2ccc(Br)cc2)n1. The second-order valence-corrected chi connectivity index (χ2v) is 3.87. The van der Waals surface area contributed by atoms with E-state index in [1.807, 2.05) is 36.4 Å². The fourth-order valence-electron chi connectivity index (χ4n) is 1.23. The number of nitrogens with zero attached hydrogens (tertiary/aromatic N) is 1. The molecule has 0 fully saturated rings. The molecule has 1 aromatic carbocycles. The summed E-state index contributed by atoms with van der Waals surface area (Å²) in [5, 5.41) is 0. The highest BCUT2D eigenvalue weighted by Crippen LogP contribution is 2.20. The summed E-state index contributed by atoms with van der Waals surface area (Å²) in [4.78, 5) is 4.24. The highest BCUT2D eigenvalue weighted by Gasteiger charge is 1.98. The van der Waals surface area contributed by atoms with Crippen LogP contribution >= 0.6 is 15.9 Å². The van der Waals surface area contributed by atoms with E-state index < -0.39 is 0 Å². The quantitative estimate of drug-likeness (QED) is 0.843. The van der Waals surface area contributed by atoms with E-state index in [1.165, 1.54) is 0 Å². The van der Waals surface area contributed by atoms with Crippen molar-refractivity contribution in [2.75, 3.05) is 5.73 Å². The molecular formula is C11H9BrN2. The number of nitrogens with two attached hydrogens (primary N) is 1. The molecule has 0 saturated heterocycles. The molecule has 0 amide bonds. The van der Waals surface area contributed by atoms with Crippen molar-refractivity contribution < 1.29 is 0 Å². The van der Waals surface area contributed by atoms with Gasteiger partial charge in [-0.1, -0.05) is 34.1 Å². The first-order chi connectivity index (χ1) is 6.75. The smallest absolute Gasteiger partial charge is 0.124 e. The highest BCUT2D eigenvalue weighted by atomic mass is 79.9. The Morgan fingerprint density at radius 3 is 2.36 bits per heavy atom. The number of hydrogen-bond acceptors (Lipinski definition) is 2. The van der Waals surface area contributed by atoms with Crippen LogP contribution in [0.15, 0.2) is 46.9 Å². The van der Waals surface area contributed by atoms with Crippen LogP contribution in [0.3, 0.4) is 0 Å². The highest BCUT2D eigenvalue weighted by molar-refractivity contribution is 9.10. The fraction of sp³-hybridized carbons (Fsp3) is 0. The van der Waals surface area contributed by atoms with Crippen molar-refractivity contribution >= 4 is 21.7 Å². The Balaban J connectivity index is 2.44. The Morgan fingerprint density at radius 2 is 1.71 bits per heavy atom. The van der Waals surface area contributed by atoms with Crippen LogP contribution in [0.4, 0.5) is 5.82 Å². The zero-order valence-corrected chi connectivity index (χ0v) is 9.03. The number of halogens is 1. The van der Waals surface area contributed by atoms with E-state index >= 15 is 0 Å². The summed E-state index contributed by atoms with van der Waals surface area (Å²) < 4.78 is 1.06. The molecule has 3 heteroatoms. The molecule has 0 atom stereocenters. The number of rotatable bonds is 1. The van der Waals surface area contributed by atoms with Crippen LogP contribution in [-0.4, -0.2) is 4.98 Å². The third-order valence-electron chi connectivity index (χ3n) is 1.91. The topological polar surface area (TPSA) is 38.9 Å². The van der Waals surface area contributed by atoms with Gasteiger partial charge in [0.25, 0.3) is 0 Å². The molecule has 14 heavy (non-hydrogen) atoms. The lowest BCUT2D eigenvalue weighted by Crippen LogP contribution is -1.90. The zero-order valence-electron chi connectivity index (χ0n) is 7.44. The number of pyridine rings is 1. The Kier molecular flexibility index (Phi) is 2.50. The predicted octanol–water partition coefficient (Wildman–Crippen LogP) is 3.09. The van der Waals surface area contributed by atoms with E-state index in [2.05, 4.69) is 20.9 Å². The molecule has 0 aliphatic rings. The molecule has 0 spiro atoms. The van der Waals surface area contributed by atoms with Crippen LogP contribution < -0.4 is 5.73 Å². The Hall–Kier alpha value is -1.35. The molecule has 0 aliphatic carbocycles. The van der Waals surface area contributed by atoms with Gasteiger partial charge in [-0.25, -0.2) is 4.98 Å². The number of nitrogen functional groups attached to an aromatic ring is 1. The minimum Gasteiger partial charge on any atom is -0.384 e. The molecule has 0 unspecified atom stereocenters. The van der Waals surface area contributed by atoms with E-state index in [0.717, 1.165) is 15.7 Å². The van der Waals surface area contributed by atoms with E-state index in [1.54, 1.807) is 6.07 Å². The lowest BCUT2D eigenvalue weighted by Gasteiger charge is -2.01. The van der Waals surface area contributed by atoms with Crippen LogP contribution in [0.5, 0.6) is 0 Å². The van der Waals surface area contributed by atoms with Crippen LogP contribution in [0.1, 0.15) is 0 Å². The van der Waals surface area contributed by atoms with Crippen molar-refractivity contribution in [3.8, 4) is 11.3 Å². The minimum absolute atomic E-state index is 0.547. The predicted molar refractivity (Wildman–Crippen MR) is 61.8 cm³/mol. The summed E-state index contributed by atoms with van der Waals surface area (Å²) in [6.45, 7) is 0. The molecule has 0 aliphatic heterocycles. The normalized spacial score (nSPS) is 10.1. The molecule has 1 heterocycles. The van der Waals surface area contributed by atoms with Crippen molar-refractivity contribution in [2.24, 2.45) is 0 Å². The maximum atomic E-state index is 5.61. The van der Waals surface area contributed by atoms with Gasteiger partial charge in [0.2, 0.25) is 0 Å². The summed E-state index contributed by atoms with van der Waals surface area (Å²) in [6.07, 6.45) is 0. The van der Waals surface area contributed by atoms with E-state index in [4.69, 9.17) is 5.73 Å². The lowest BCUT2D eigenvalue weighted by molar-refractivity contribution is 1.33. The van der Waals surface area contributed by atoms with E-state index in [9.17, 15) is 0 Å². The van der Waals surface area contributed by atoms with Crippen molar-refractivity contribution in [1.82, 2.24) is 4.98 Å². The molecule has 2 nitrogen and oxygen atoms in total. The third kappa shape index (κ3) is 1.93. The Morgan fingerprint density at radius 1 is 1.00 bits per heavy atom. The molecule has 2 rings (SSSR count). The first kappa shape index (κ1) is 9.21. The van der Waals surface area contributed by atoms with Gasteiger partial charge < -0.3 is 5.73 Å². The fourth-order valence-corrected chi connectivity index (χ4v) is 1.50. The summed E-state index contributed by atoms with van der Waals surface area (Å²) in [5.74, 6) is 0.547. The van der Waals surface area contributed by atoms with Crippen molar-refractivity contribution in [1.29, 1.82) is 0 Å². The molecule has 70 valence electrons. The van der Waals surface area contributed by atoms with Gasteiger partial charge in [0.1, 0.15) is 5.82 Å². The third-order valence-corrected chi connectivity index (χ3v) is 2.44. The van der Waals surface area contributed by atoms with Gasteiger partial charge >= 0.3 is 0 Å². The molecule has 0 bridgehead atoms. The summed E-state index contributed by atoms with van der Waals surface area (Å²) >= 11 is 3.39. The molecular weight excluding hydrogens is 240 g/mol. The zero-order chi connectivity index (χ0) is 9.97. The minimum atomic E-state index is 0.547. The summed E-state index contributed by atoms with van der Waals surface area (Å²) in [5.41, 5.74) is 7.58. The van der Waals surface area contributed by atoms with Crippen molar-refractivity contribution in [3.63, 3.8) is 0 Å². The van der Waals surface area contributed by atoms with Crippen LogP contribution in [0, 0.1) is 0 Å². The Bertz CT molecular complexity index is 437. The van der Waals surface area contributed by atoms with Gasteiger partial charge in [-0.3, -0.25) is 0 Å². The summed E-state index contributed by atoms with van der Waals surface area (Å²) in [7, 11) is 0. The van der Waals surface area contributed by atoms with Crippen LogP contribution in [0.2, 0.25) is 0 Å². The van der Waals surface area contributed by atoms with Gasteiger partial charge in [0.05, 0.1) is 5.69 Å². The molecule has 2 N–H and O–H groups in total. The second-order valence-electron chi connectivity index (χ2n) is 2.95. The largest absolute Gasteiger partial charge is 0.384 e. The van der Waals surface area contributed by atoms with Crippen molar-refractivity contribution in [2.45, 2.75) is 0 Å². The van der Waals surface area contributed by atoms with Crippen LogP contribution in [-0.2, 0) is 0 Å². The maximum Gasteiger partial charge on any atom is 0.124 e. The first-order valence-electron chi connectivity index (χ1n) is 4.24. The Labute approximate surface area is 90.9 Å². The molecule has 2 aromatic rings.